The molecule has 0 saturated heterocycles. The van der Waals surface area contributed by atoms with Crippen molar-refractivity contribution in [1.82, 2.24) is 10.2 Å². The number of anilines is 1. The molecule has 0 fully saturated rings. The van der Waals surface area contributed by atoms with E-state index in [-0.39, 0.29) is 23.0 Å². The van der Waals surface area contributed by atoms with E-state index in [1.54, 1.807) is 75.4 Å². The molecule has 0 saturated carbocycles. The van der Waals surface area contributed by atoms with Gasteiger partial charge >= 0.3 is 0 Å². The zero-order valence-corrected chi connectivity index (χ0v) is 27.1. The van der Waals surface area contributed by atoms with Crippen LogP contribution in [-0.2, 0) is 26.2 Å². The highest BCUT2D eigenvalue weighted by molar-refractivity contribution is 7.98. The Bertz CT molecular complexity index is 1490. The number of hydrogen-bond acceptors (Lipinski definition) is 6. The van der Waals surface area contributed by atoms with Crippen LogP contribution in [0.1, 0.15) is 32.8 Å². The van der Waals surface area contributed by atoms with Crippen LogP contribution in [0.25, 0.3) is 0 Å². The van der Waals surface area contributed by atoms with E-state index in [1.165, 1.54) is 28.8 Å². The summed E-state index contributed by atoms with van der Waals surface area (Å²) in [6.07, 6.45) is 2.20. The van der Waals surface area contributed by atoms with Crippen molar-refractivity contribution < 1.29 is 22.7 Å². The molecule has 1 N–H and O–H groups in total. The summed E-state index contributed by atoms with van der Waals surface area (Å²) >= 11 is 13.8. The zero-order chi connectivity index (χ0) is 30.9. The van der Waals surface area contributed by atoms with E-state index >= 15 is 0 Å². The SMILES string of the molecule is CCNC(=O)C(CC)N(Cc1ccc(Cl)c(Cl)c1)C(=O)CN(c1ccccc1OCC)S(=O)(=O)c1ccc(SC)cc1. The van der Waals surface area contributed by atoms with Gasteiger partial charge in [0.2, 0.25) is 11.8 Å². The molecule has 0 bridgehead atoms. The van der Waals surface area contributed by atoms with Crippen LogP contribution in [0, 0.1) is 0 Å². The molecule has 3 aromatic carbocycles. The number of carbonyl (C=O) groups excluding carboxylic acids is 2. The monoisotopic (exact) mass is 651 g/mol. The Balaban J connectivity index is 2.12. The number of carbonyl (C=O) groups is 2. The maximum Gasteiger partial charge on any atom is 0.264 e. The number of likely N-dealkylation sites (N-methyl/N-ethyl adjacent to an activating group) is 1. The van der Waals surface area contributed by atoms with Crippen LogP contribution in [0.3, 0.4) is 0 Å². The third kappa shape index (κ3) is 8.12. The number of benzene rings is 3. The molecule has 0 aliphatic rings. The minimum absolute atomic E-state index is 0.00871. The number of ether oxygens (including phenoxy) is 1. The summed E-state index contributed by atoms with van der Waals surface area (Å²) in [6.45, 7) is 5.47. The summed E-state index contributed by atoms with van der Waals surface area (Å²) in [5.41, 5.74) is 0.847. The van der Waals surface area contributed by atoms with Crippen LogP contribution in [0.5, 0.6) is 5.75 Å². The molecule has 0 aromatic heterocycles. The second kappa shape index (κ2) is 15.5. The predicted octanol–water partition coefficient (Wildman–Crippen LogP) is 6.25. The predicted molar refractivity (Wildman–Crippen MR) is 170 cm³/mol. The number of halogens is 2. The highest BCUT2D eigenvalue weighted by Gasteiger charge is 2.34. The normalized spacial score (nSPS) is 12.0. The minimum atomic E-state index is -4.24. The molecule has 0 spiro atoms. The second-order valence-corrected chi connectivity index (χ2v) is 12.7. The van der Waals surface area contributed by atoms with E-state index < -0.39 is 28.5 Å². The number of para-hydroxylation sites is 2. The lowest BCUT2D eigenvalue weighted by Crippen LogP contribution is -2.52. The largest absolute Gasteiger partial charge is 0.492 e. The van der Waals surface area contributed by atoms with Crippen LogP contribution in [0.15, 0.2) is 76.5 Å². The van der Waals surface area contributed by atoms with Crippen molar-refractivity contribution in [2.24, 2.45) is 0 Å². The molecule has 1 unspecified atom stereocenters. The van der Waals surface area contributed by atoms with Crippen molar-refractivity contribution in [1.29, 1.82) is 0 Å². The summed E-state index contributed by atoms with van der Waals surface area (Å²) in [6, 6.07) is 17.2. The summed E-state index contributed by atoms with van der Waals surface area (Å²) in [5.74, 6) is -0.608. The number of thioether (sulfide) groups is 1. The standard InChI is InChI=1S/C30H35Cl2N3O5S2/c1-5-26(30(37)33-6-2)34(19-21-12-17-24(31)25(32)18-21)29(36)20-35(27-10-8-9-11-28(27)40-7-3)42(38,39)23-15-13-22(41-4)14-16-23/h8-18,26H,5-7,19-20H2,1-4H3,(H,33,37). The summed E-state index contributed by atoms with van der Waals surface area (Å²) in [4.78, 5) is 29.6. The number of amides is 2. The van der Waals surface area contributed by atoms with Gasteiger partial charge in [-0.2, -0.15) is 0 Å². The van der Waals surface area contributed by atoms with E-state index in [1.807, 2.05) is 6.26 Å². The number of sulfonamides is 1. The molecule has 12 heteroatoms. The fraction of sp³-hybridized carbons (Fsp3) is 0.333. The number of nitrogens with zero attached hydrogens (tertiary/aromatic N) is 2. The first-order valence-electron chi connectivity index (χ1n) is 13.5. The second-order valence-electron chi connectivity index (χ2n) is 9.18. The van der Waals surface area contributed by atoms with Gasteiger partial charge in [0.25, 0.3) is 10.0 Å². The van der Waals surface area contributed by atoms with E-state index in [0.717, 1.165) is 9.20 Å². The van der Waals surface area contributed by atoms with E-state index in [4.69, 9.17) is 27.9 Å². The van der Waals surface area contributed by atoms with Crippen LogP contribution >= 0.6 is 35.0 Å². The average Bonchev–Trinajstić information content (AvgIpc) is 2.98. The van der Waals surface area contributed by atoms with Gasteiger partial charge in [-0.25, -0.2) is 8.42 Å². The van der Waals surface area contributed by atoms with Gasteiger partial charge in [0.15, 0.2) is 0 Å². The maximum absolute atomic E-state index is 14.2. The fourth-order valence-electron chi connectivity index (χ4n) is 4.38. The molecule has 3 rings (SSSR count). The van der Waals surface area contributed by atoms with E-state index in [0.29, 0.717) is 40.9 Å². The molecule has 226 valence electrons. The maximum atomic E-state index is 14.2. The van der Waals surface area contributed by atoms with Gasteiger partial charge in [-0.3, -0.25) is 13.9 Å². The molecule has 0 aliphatic heterocycles. The Labute approximate surface area is 262 Å². The van der Waals surface area contributed by atoms with Gasteiger partial charge in [-0.05, 0) is 80.6 Å². The first-order valence-corrected chi connectivity index (χ1v) is 16.9. The minimum Gasteiger partial charge on any atom is -0.492 e. The molecule has 0 heterocycles. The van der Waals surface area contributed by atoms with Crippen molar-refractivity contribution in [3.63, 3.8) is 0 Å². The Hall–Kier alpha value is -2.92. The molecule has 2 amide bonds. The van der Waals surface area contributed by atoms with Gasteiger partial charge in [0.05, 0.1) is 27.2 Å². The van der Waals surface area contributed by atoms with Gasteiger partial charge in [-0.15, -0.1) is 11.8 Å². The highest BCUT2D eigenvalue weighted by atomic mass is 35.5. The molecule has 1 atom stereocenters. The summed E-state index contributed by atoms with van der Waals surface area (Å²) in [7, 11) is -4.24. The number of hydrogen-bond donors (Lipinski definition) is 1. The van der Waals surface area contributed by atoms with Crippen molar-refractivity contribution in [3.05, 3.63) is 82.3 Å². The molecule has 42 heavy (non-hydrogen) atoms. The van der Waals surface area contributed by atoms with E-state index in [9.17, 15) is 18.0 Å². The summed E-state index contributed by atoms with van der Waals surface area (Å²) in [5, 5.41) is 3.44. The number of nitrogens with one attached hydrogen (secondary N) is 1. The van der Waals surface area contributed by atoms with Gasteiger partial charge in [0, 0.05) is 18.0 Å². The van der Waals surface area contributed by atoms with Crippen LogP contribution < -0.4 is 14.4 Å². The molecular formula is C30H35Cl2N3O5S2. The zero-order valence-electron chi connectivity index (χ0n) is 24.0. The van der Waals surface area contributed by atoms with Crippen molar-refractivity contribution >= 4 is 62.5 Å². The molecule has 0 aliphatic carbocycles. The lowest BCUT2D eigenvalue weighted by molar-refractivity contribution is -0.140. The van der Waals surface area contributed by atoms with Crippen LogP contribution in [-0.4, -0.2) is 57.1 Å². The number of rotatable bonds is 14. The van der Waals surface area contributed by atoms with Crippen LogP contribution in [0.4, 0.5) is 5.69 Å². The van der Waals surface area contributed by atoms with Gasteiger partial charge in [-0.1, -0.05) is 48.3 Å². The average molecular weight is 653 g/mol. The Kier molecular flexibility index (Phi) is 12.4. The lowest BCUT2D eigenvalue weighted by atomic mass is 10.1. The Morgan fingerprint density at radius 2 is 1.67 bits per heavy atom. The first-order chi connectivity index (χ1) is 20.1. The van der Waals surface area contributed by atoms with Gasteiger partial charge < -0.3 is 15.0 Å². The molecule has 3 aromatic rings. The molecule has 8 nitrogen and oxygen atoms in total. The highest BCUT2D eigenvalue weighted by Crippen LogP contribution is 2.33. The van der Waals surface area contributed by atoms with Crippen molar-refractivity contribution in [2.75, 3.05) is 30.3 Å². The van der Waals surface area contributed by atoms with Gasteiger partial charge in [0.1, 0.15) is 18.3 Å². The van der Waals surface area contributed by atoms with Crippen LogP contribution in [0.2, 0.25) is 10.0 Å². The Morgan fingerprint density at radius 1 is 0.976 bits per heavy atom. The van der Waals surface area contributed by atoms with Crippen molar-refractivity contribution in [2.45, 2.75) is 49.6 Å². The Morgan fingerprint density at radius 3 is 2.26 bits per heavy atom. The third-order valence-electron chi connectivity index (χ3n) is 6.43. The first kappa shape index (κ1) is 33.6. The van der Waals surface area contributed by atoms with Crippen molar-refractivity contribution in [3.8, 4) is 5.75 Å². The molecule has 0 radical (unpaired) electrons. The third-order valence-corrected chi connectivity index (χ3v) is 9.69. The topological polar surface area (TPSA) is 96.0 Å². The lowest BCUT2D eigenvalue weighted by Gasteiger charge is -2.33. The summed E-state index contributed by atoms with van der Waals surface area (Å²) < 4.78 is 35.1. The molecular weight excluding hydrogens is 617 g/mol. The fourth-order valence-corrected chi connectivity index (χ4v) is 6.53. The smallest absolute Gasteiger partial charge is 0.264 e. The van der Waals surface area contributed by atoms with E-state index in [2.05, 4.69) is 5.32 Å². The quantitative estimate of drug-likeness (QED) is 0.207.